The molecule has 0 aliphatic heterocycles. The largest absolute Gasteiger partial charge is 0.260 e. The number of aryl methyl sites for hydroxylation is 1. The van der Waals surface area contributed by atoms with Gasteiger partial charge in [0.25, 0.3) is 0 Å². The van der Waals surface area contributed by atoms with Crippen LogP contribution in [0.1, 0.15) is 37.6 Å². The van der Waals surface area contributed by atoms with Gasteiger partial charge in [0.1, 0.15) is 0 Å². The Morgan fingerprint density at radius 3 is 2.40 bits per heavy atom. The van der Waals surface area contributed by atoms with Gasteiger partial charge in [0.15, 0.2) is 0 Å². The number of hydrogen-bond donors (Lipinski definition) is 0. The molecular weight excluding hydrogens is 286 g/mol. The molecule has 0 spiro atoms. The first-order valence-electron chi connectivity index (χ1n) is 6.60. The molecule has 2 rings (SSSR count). The van der Waals surface area contributed by atoms with E-state index in [2.05, 4.69) is 56.9 Å². The molecular formula is C17H22ClNS. The molecule has 0 N–H and O–H groups in total. The van der Waals surface area contributed by atoms with Gasteiger partial charge < -0.3 is 0 Å². The van der Waals surface area contributed by atoms with Gasteiger partial charge in [0.05, 0.1) is 5.69 Å². The zero-order valence-corrected chi connectivity index (χ0v) is 14.1. The van der Waals surface area contributed by atoms with Crippen LogP contribution in [0.5, 0.6) is 0 Å². The highest BCUT2D eigenvalue weighted by Crippen LogP contribution is 2.30. The highest BCUT2D eigenvalue weighted by molar-refractivity contribution is 7.98. The fourth-order valence-electron chi connectivity index (χ4n) is 1.91. The Bertz CT molecular complexity index is 547. The standard InChI is InChI=1S/C17H21NS.ClH/c1-13-11-14(17(2,3)4)8-9-16(13)19-12-15-7-5-6-10-18-15;/h5-11H,12H2,1-4H3;1H. The Kier molecular flexibility index (Phi) is 6.09. The van der Waals surface area contributed by atoms with Crippen molar-refractivity contribution in [1.82, 2.24) is 4.98 Å². The van der Waals surface area contributed by atoms with E-state index < -0.39 is 0 Å². The molecule has 0 unspecified atom stereocenters. The Balaban J connectivity index is 0.00000200. The highest BCUT2D eigenvalue weighted by atomic mass is 35.5. The third kappa shape index (κ3) is 4.53. The van der Waals surface area contributed by atoms with E-state index in [0.29, 0.717) is 0 Å². The Labute approximate surface area is 132 Å². The fourth-order valence-corrected chi connectivity index (χ4v) is 2.84. The number of thioether (sulfide) groups is 1. The van der Waals surface area contributed by atoms with Crippen LogP contribution in [0.3, 0.4) is 0 Å². The average Bonchev–Trinajstić information content (AvgIpc) is 2.37. The van der Waals surface area contributed by atoms with E-state index in [9.17, 15) is 0 Å². The first-order chi connectivity index (χ1) is 8.97. The molecule has 0 atom stereocenters. The second-order valence-electron chi connectivity index (χ2n) is 5.84. The van der Waals surface area contributed by atoms with Gasteiger partial charge >= 0.3 is 0 Å². The summed E-state index contributed by atoms with van der Waals surface area (Å²) in [5.74, 6) is 0.927. The maximum absolute atomic E-state index is 4.36. The van der Waals surface area contributed by atoms with Gasteiger partial charge in [0.2, 0.25) is 0 Å². The van der Waals surface area contributed by atoms with Gasteiger partial charge in [0, 0.05) is 16.8 Å². The molecule has 0 amide bonds. The van der Waals surface area contributed by atoms with E-state index in [0.717, 1.165) is 11.4 Å². The lowest BCUT2D eigenvalue weighted by Gasteiger charge is -2.20. The van der Waals surface area contributed by atoms with Gasteiger partial charge in [-0.1, -0.05) is 39.0 Å². The molecule has 0 saturated carbocycles. The van der Waals surface area contributed by atoms with Crippen molar-refractivity contribution in [3.8, 4) is 0 Å². The smallest absolute Gasteiger partial charge is 0.0506 e. The van der Waals surface area contributed by atoms with Crippen molar-refractivity contribution >= 4 is 24.2 Å². The van der Waals surface area contributed by atoms with E-state index >= 15 is 0 Å². The van der Waals surface area contributed by atoms with Gasteiger partial charge in [-0.3, -0.25) is 4.98 Å². The van der Waals surface area contributed by atoms with Gasteiger partial charge in [-0.05, 0) is 41.7 Å². The number of pyridine rings is 1. The summed E-state index contributed by atoms with van der Waals surface area (Å²) >= 11 is 1.86. The zero-order chi connectivity index (χ0) is 13.9. The quantitative estimate of drug-likeness (QED) is 0.704. The fraction of sp³-hybridized carbons (Fsp3) is 0.353. The number of halogens is 1. The molecule has 0 aliphatic rings. The predicted molar refractivity (Wildman–Crippen MR) is 90.9 cm³/mol. The first-order valence-corrected chi connectivity index (χ1v) is 7.59. The summed E-state index contributed by atoms with van der Waals surface area (Å²) in [4.78, 5) is 5.71. The number of benzene rings is 1. The molecule has 2 aromatic rings. The van der Waals surface area contributed by atoms with Gasteiger partial charge in [-0.2, -0.15) is 0 Å². The minimum atomic E-state index is 0. The minimum Gasteiger partial charge on any atom is -0.260 e. The van der Waals surface area contributed by atoms with Crippen LogP contribution in [-0.2, 0) is 11.2 Å². The number of hydrogen-bond acceptors (Lipinski definition) is 2. The zero-order valence-electron chi connectivity index (χ0n) is 12.5. The minimum absolute atomic E-state index is 0. The van der Waals surface area contributed by atoms with Crippen LogP contribution in [0.2, 0.25) is 0 Å². The lowest BCUT2D eigenvalue weighted by molar-refractivity contribution is 0.589. The Morgan fingerprint density at radius 2 is 1.85 bits per heavy atom. The van der Waals surface area contributed by atoms with Crippen molar-refractivity contribution < 1.29 is 0 Å². The molecule has 1 aromatic heterocycles. The highest BCUT2D eigenvalue weighted by Gasteiger charge is 2.14. The van der Waals surface area contributed by atoms with Gasteiger partial charge in [-0.25, -0.2) is 0 Å². The number of nitrogens with zero attached hydrogens (tertiary/aromatic N) is 1. The Morgan fingerprint density at radius 1 is 1.10 bits per heavy atom. The van der Waals surface area contributed by atoms with Crippen LogP contribution >= 0.6 is 24.2 Å². The van der Waals surface area contributed by atoms with Crippen molar-refractivity contribution in [3.63, 3.8) is 0 Å². The molecule has 1 heterocycles. The number of aromatic nitrogens is 1. The molecule has 108 valence electrons. The third-order valence-corrected chi connectivity index (χ3v) is 4.35. The summed E-state index contributed by atoms with van der Waals surface area (Å²) in [6.07, 6.45) is 1.85. The maximum Gasteiger partial charge on any atom is 0.0506 e. The summed E-state index contributed by atoms with van der Waals surface area (Å²) < 4.78 is 0. The van der Waals surface area contributed by atoms with E-state index in [1.807, 2.05) is 30.1 Å². The molecule has 1 nitrogen and oxygen atoms in total. The normalized spacial score (nSPS) is 11.0. The van der Waals surface area contributed by atoms with Crippen molar-refractivity contribution in [3.05, 3.63) is 59.4 Å². The molecule has 0 radical (unpaired) electrons. The van der Waals surface area contributed by atoms with Crippen molar-refractivity contribution in [2.45, 2.75) is 43.8 Å². The Hall–Kier alpha value is -0.990. The SMILES string of the molecule is Cc1cc(C(C)(C)C)ccc1SCc1ccccn1.Cl. The van der Waals surface area contributed by atoms with E-state index in [1.54, 1.807) is 0 Å². The summed E-state index contributed by atoms with van der Waals surface area (Å²) in [5, 5.41) is 0. The monoisotopic (exact) mass is 307 g/mol. The third-order valence-electron chi connectivity index (χ3n) is 3.14. The van der Waals surface area contributed by atoms with Crippen LogP contribution < -0.4 is 0 Å². The van der Waals surface area contributed by atoms with Crippen LogP contribution in [-0.4, -0.2) is 4.98 Å². The molecule has 20 heavy (non-hydrogen) atoms. The van der Waals surface area contributed by atoms with Crippen molar-refractivity contribution in [1.29, 1.82) is 0 Å². The van der Waals surface area contributed by atoms with E-state index in [1.165, 1.54) is 16.0 Å². The van der Waals surface area contributed by atoms with E-state index in [4.69, 9.17) is 0 Å². The molecule has 1 aromatic carbocycles. The molecule has 0 saturated heterocycles. The van der Waals surface area contributed by atoms with Crippen LogP contribution in [0.15, 0.2) is 47.5 Å². The second-order valence-corrected chi connectivity index (χ2v) is 6.86. The van der Waals surface area contributed by atoms with Crippen LogP contribution in [0.25, 0.3) is 0 Å². The lowest BCUT2D eigenvalue weighted by Crippen LogP contribution is -2.11. The topological polar surface area (TPSA) is 12.9 Å². The maximum atomic E-state index is 4.36. The lowest BCUT2D eigenvalue weighted by atomic mass is 9.86. The summed E-state index contributed by atoms with van der Waals surface area (Å²) in [7, 11) is 0. The number of rotatable bonds is 3. The van der Waals surface area contributed by atoms with Crippen molar-refractivity contribution in [2.75, 3.05) is 0 Å². The second kappa shape index (κ2) is 7.14. The molecule has 0 aliphatic carbocycles. The average molecular weight is 308 g/mol. The van der Waals surface area contributed by atoms with E-state index in [-0.39, 0.29) is 17.8 Å². The molecule has 3 heteroatoms. The predicted octanol–water partition coefficient (Wildman–Crippen LogP) is 5.40. The van der Waals surface area contributed by atoms with Crippen LogP contribution in [0.4, 0.5) is 0 Å². The van der Waals surface area contributed by atoms with Crippen LogP contribution in [0, 0.1) is 6.92 Å². The summed E-state index contributed by atoms with van der Waals surface area (Å²) in [5.41, 5.74) is 4.10. The summed E-state index contributed by atoms with van der Waals surface area (Å²) in [6, 6.07) is 12.9. The molecule has 0 fully saturated rings. The summed E-state index contributed by atoms with van der Waals surface area (Å²) in [6.45, 7) is 8.95. The molecule has 0 bridgehead atoms. The first kappa shape index (κ1) is 17.1. The van der Waals surface area contributed by atoms with Crippen molar-refractivity contribution in [2.24, 2.45) is 0 Å². The van der Waals surface area contributed by atoms with Gasteiger partial charge in [-0.15, -0.1) is 24.2 Å².